The molecule has 1 aliphatic heterocycles. The molecule has 0 unspecified atom stereocenters. The first-order valence-electron chi connectivity index (χ1n) is 4.04. The van der Waals surface area contributed by atoms with E-state index in [0.717, 1.165) is 0 Å². The molecule has 1 amide bonds. The van der Waals surface area contributed by atoms with E-state index in [4.69, 9.17) is 10.5 Å². The number of benzene rings is 1. The standard InChI is InChI=1S/C9H10N2O2/c1-5-9(12)11-8-6(10)3-2-4-7(8)13-5/h2-5H,10H2,1H3,(H,11,12)/t5-/m0/s1. The average Bonchev–Trinajstić information content (AvgIpc) is 2.09. The minimum absolute atomic E-state index is 0.162. The Morgan fingerprint density at radius 1 is 1.54 bits per heavy atom. The lowest BCUT2D eigenvalue weighted by molar-refractivity contribution is -0.122. The number of anilines is 2. The minimum atomic E-state index is -0.450. The van der Waals surface area contributed by atoms with Gasteiger partial charge in [-0.25, -0.2) is 0 Å². The quantitative estimate of drug-likeness (QED) is 0.582. The van der Waals surface area contributed by atoms with Gasteiger partial charge in [-0.2, -0.15) is 0 Å². The lowest BCUT2D eigenvalue weighted by atomic mass is 10.2. The summed E-state index contributed by atoms with van der Waals surface area (Å²) in [6, 6.07) is 5.29. The van der Waals surface area contributed by atoms with Crippen molar-refractivity contribution in [3.8, 4) is 5.75 Å². The number of para-hydroxylation sites is 1. The monoisotopic (exact) mass is 178 g/mol. The van der Waals surface area contributed by atoms with E-state index < -0.39 is 6.10 Å². The highest BCUT2D eigenvalue weighted by atomic mass is 16.5. The van der Waals surface area contributed by atoms with Gasteiger partial charge < -0.3 is 15.8 Å². The Balaban J connectivity index is 2.48. The smallest absolute Gasteiger partial charge is 0.265 e. The summed E-state index contributed by atoms with van der Waals surface area (Å²) >= 11 is 0. The van der Waals surface area contributed by atoms with Gasteiger partial charge in [0.05, 0.1) is 5.69 Å². The van der Waals surface area contributed by atoms with E-state index in [1.54, 1.807) is 25.1 Å². The molecular weight excluding hydrogens is 168 g/mol. The minimum Gasteiger partial charge on any atom is -0.479 e. The molecule has 0 radical (unpaired) electrons. The van der Waals surface area contributed by atoms with Crippen molar-refractivity contribution in [2.75, 3.05) is 11.1 Å². The maximum absolute atomic E-state index is 11.2. The van der Waals surface area contributed by atoms with Crippen LogP contribution in [0.2, 0.25) is 0 Å². The molecule has 4 heteroatoms. The Kier molecular flexibility index (Phi) is 1.62. The number of carbonyl (C=O) groups excluding carboxylic acids is 1. The number of hydrogen-bond donors (Lipinski definition) is 2. The van der Waals surface area contributed by atoms with Crippen molar-refractivity contribution >= 4 is 17.3 Å². The number of nitrogens with one attached hydrogen (secondary N) is 1. The predicted molar refractivity (Wildman–Crippen MR) is 49.6 cm³/mol. The number of amides is 1. The highest BCUT2D eigenvalue weighted by molar-refractivity contribution is 6.00. The summed E-state index contributed by atoms with van der Waals surface area (Å²) in [6.45, 7) is 1.70. The molecule has 0 saturated carbocycles. The Bertz CT molecular complexity index is 363. The third-order valence-corrected chi connectivity index (χ3v) is 1.98. The molecule has 1 aromatic carbocycles. The first-order valence-corrected chi connectivity index (χ1v) is 4.04. The second kappa shape index (κ2) is 2.65. The summed E-state index contributed by atoms with van der Waals surface area (Å²) in [5.74, 6) is 0.470. The summed E-state index contributed by atoms with van der Waals surface area (Å²) < 4.78 is 5.33. The molecular formula is C9H10N2O2. The Labute approximate surface area is 75.7 Å². The largest absolute Gasteiger partial charge is 0.479 e. The average molecular weight is 178 g/mol. The molecule has 0 saturated heterocycles. The molecule has 68 valence electrons. The van der Waals surface area contributed by atoms with E-state index in [-0.39, 0.29) is 5.91 Å². The van der Waals surface area contributed by atoms with Crippen LogP contribution in [0, 0.1) is 0 Å². The zero-order valence-electron chi connectivity index (χ0n) is 7.20. The van der Waals surface area contributed by atoms with E-state index in [9.17, 15) is 4.79 Å². The van der Waals surface area contributed by atoms with Crippen LogP contribution in [-0.2, 0) is 4.79 Å². The Morgan fingerprint density at radius 2 is 2.31 bits per heavy atom. The molecule has 3 N–H and O–H groups in total. The normalized spacial score (nSPS) is 20.1. The molecule has 4 nitrogen and oxygen atoms in total. The van der Waals surface area contributed by atoms with Gasteiger partial charge >= 0.3 is 0 Å². The van der Waals surface area contributed by atoms with Crippen molar-refractivity contribution < 1.29 is 9.53 Å². The van der Waals surface area contributed by atoms with Crippen LogP contribution in [0.5, 0.6) is 5.75 Å². The maximum Gasteiger partial charge on any atom is 0.265 e. The van der Waals surface area contributed by atoms with E-state index in [0.29, 0.717) is 17.1 Å². The van der Waals surface area contributed by atoms with Gasteiger partial charge in [-0.1, -0.05) is 6.07 Å². The Morgan fingerprint density at radius 3 is 3.08 bits per heavy atom. The van der Waals surface area contributed by atoms with Crippen LogP contribution in [0.4, 0.5) is 11.4 Å². The van der Waals surface area contributed by atoms with Crippen molar-refractivity contribution in [2.45, 2.75) is 13.0 Å². The number of ether oxygens (including phenoxy) is 1. The lowest BCUT2D eigenvalue weighted by Crippen LogP contribution is -2.34. The number of hydrogen-bond acceptors (Lipinski definition) is 3. The first kappa shape index (κ1) is 7.91. The third-order valence-electron chi connectivity index (χ3n) is 1.98. The van der Waals surface area contributed by atoms with Crippen LogP contribution in [0.1, 0.15) is 6.92 Å². The zero-order valence-corrected chi connectivity index (χ0v) is 7.20. The van der Waals surface area contributed by atoms with E-state index in [1.165, 1.54) is 0 Å². The fraction of sp³-hybridized carbons (Fsp3) is 0.222. The Hall–Kier alpha value is -1.71. The number of nitrogens with two attached hydrogens (primary N) is 1. The SMILES string of the molecule is C[C@@H]1Oc2cccc(N)c2NC1=O. The summed E-state index contributed by atoms with van der Waals surface area (Å²) in [6.07, 6.45) is -0.450. The number of fused-ring (bicyclic) bond motifs is 1. The maximum atomic E-state index is 11.2. The predicted octanol–water partition coefficient (Wildman–Crippen LogP) is 0.988. The molecule has 1 atom stereocenters. The van der Waals surface area contributed by atoms with Crippen LogP contribution in [-0.4, -0.2) is 12.0 Å². The van der Waals surface area contributed by atoms with E-state index in [1.807, 2.05) is 0 Å². The number of carbonyl (C=O) groups is 1. The molecule has 0 spiro atoms. The van der Waals surface area contributed by atoms with Crippen LogP contribution in [0.3, 0.4) is 0 Å². The van der Waals surface area contributed by atoms with Crippen molar-refractivity contribution in [3.63, 3.8) is 0 Å². The molecule has 0 bridgehead atoms. The van der Waals surface area contributed by atoms with Gasteiger partial charge in [0.25, 0.3) is 5.91 Å². The van der Waals surface area contributed by atoms with Crippen LogP contribution < -0.4 is 15.8 Å². The molecule has 0 fully saturated rings. The van der Waals surface area contributed by atoms with Crippen LogP contribution in [0.25, 0.3) is 0 Å². The van der Waals surface area contributed by atoms with Gasteiger partial charge in [-0.3, -0.25) is 4.79 Å². The molecule has 1 aromatic rings. The van der Waals surface area contributed by atoms with Gasteiger partial charge in [0, 0.05) is 0 Å². The van der Waals surface area contributed by atoms with Gasteiger partial charge in [-0.05, 0) is 19.1 Å². The van der Waals surface area contributed by atoms with Crippen LogP contribution in [0.15, 0.2) is 18.2 Å². The van der Waals surface area contributed by atoms with Crippen molar-refractivity contribution in [1.29, 1.82) is 0 Å². The number of nitrogen functional groups attached to an aromatic ring is 1. The second-order valence-corrected chi connectivity index (χ2v) is 2.97. The zero-order chi connectivity index (χ0) is 9.42. The molecule has 1 aliphatic rings. The van der Waals surface area contributed by atoms with Gasteiger partial charge in [0.2, 0.25) is 0 Å². The third kappa shape index (κ3) is 1.20. The molecule has 2 rings (SSSR count). The van der Waals surface area contributed by atoms with Crippen molar-refractivity contribution in [2.24, 2.45) is 0 Å². The second-order valence-electron chi connectivity index (χ2n) is 2.97. The van der Waals surface area contributed by atoms with E-state index in [2.05, 4.69) is 5.32 Å². The molecule has 0 aromatic heterocycles. The number of rotatable bonds is 0. The van der Waals surface area contributed by atoms with Gasteiger partial charge in [0.15, 0.2) is 6.10 Å². The van der Waals surface area contributed by atoms with E-state index >= 15 is 0 Å². The molecule has 0 aliphatic carbocycles. The summed E-state index contributed by atoms with van der Waals surface area (Å²) in [4.78, 5) is 11.2. The van der Waals surface area contributed by atoms with Gasteiger partial charge in [-0.15, -0.1) is 0 Å². The first-order chi connectivity index (χ1) is 6.18. The summed E-state index contributed by atoms with van der Waals surface area (Å²) in [5, 5.41) is 2.69. The summed E-state index contributed by atoms with van der Waals surface area (Å²) in [5.41, 5.74) is 6.75. The van der Waals surface area contributed by atoms with Crippen LogP contribution >= 0.6 is 0 Å². The molecule has 1 heterocycles. The fourth-order valence-corrected chi connectivity index (χ4v) is 1.25. The fourth-order valence-electron chi connectivity index (χ4n) is 1.25. The van der Waals surface area contributed by atoms with Crippen molar-refractivity contribution in [3.05, 3.63) is 18.2 Å². The molecule has 13 heavy (non-hydrogen) atoms. The van der Waals surface area contributed by atoms with Crippen molar-refractivity contribution in [1.82, 2.24) is 0 Å². The highest BCUT2D eigenvalue weighted by Crippen LogP contribution is 2.34. The highest BCUT2D eigenvalue weighted by Gasteiger charge is 2.24. The summed E-state index contributed by atoms with van der Waals surface area (Å²) in [7, 11) is 0. The topological polar surface area (TPSA) is 64.3 Å². The lowest BCUT2D eigenvalue weighted by Gasteiger charge is -2.23. The van der Waals surface area contributed by atoms with Gasteiger partial charge in [0.1, 0.15) is 11.4 Å².